The molecule has 3 rings (SSSR count). The summed E-state index contributed by atoms with van der Waals surface area (Å²) in [5.74, 6) is 1.78. The van der Waals surface area contributed by atoms with Crippen molar-refractivity contribution in [1.82, 2.24) is 15.5 Å². The molecule has 0 spiro atoms. The lowest BCUT2D eigenvalue weighted by molar-refractivity contribution is -0.0279. The molecule has 134 valence electrons. The van der Waals surface area contributed by atoms with Gasteiger partial charge in [0.05, 0.1) is 5.60 Å². The molecule has 23 heavy (non-hydrogen) atoms. The lowest BCUT2D eigenvalue weighted by Gasteiger charge is -2.37. The van der Waals surface area contributed by atoms with E-state index in [4.69, 9.17) is 0 Å². The molecule has 0 aromatic heterocycles. The highest BCUT2D eigenvalue weighted by molar-refractivity contribution is 14.0. The summed E-state index contributed by atoms with van der Waals surface area (Å²) in [5.41, 5.74) is -0.498. The smallest absolute Gasteiger partial charge is 0.191 e. The van der Waals surface area contributed by atoms with E-state index in [2.05, 4.69) is 20.5 Å². The predicted molar refractivity (Wildman–Crippen MR) is 106 cm³/mol. The molecule has 3 aliphatic rings. The second-order valence-electron chi connectivity index (χ2n) is 7.54. The summed E-state index contributed by atoms with van der Waals surface area (Å²) in [6, 6.07) is 0.489. The molecule has 1 aliphatic heterocycles. The van der Waals surface area contributed by atoms with Gasteiger partial charge in [-0.05, 0) is 44.4 Å². The highest BCUT2D eigenvalue weighted by Crippen LogP contribution is 2.30. The fourth-order valence-electron chi connectivity index (χ4n) is 4.07. The summed E-state index contributed by atoms with van der Waals surface area (Å²) >= 11 is 0. The first-order valence-corrected chi connectivity index (χ1v) is 9.09. The Bertz CT molecular complexity index is 394. The Morgan fingerprint density at radius 3 is 2.57 bits per heavy atom. The first-order valence-electron chi connectivity index (χ1n) is 9.09. The monoisotopic (exact) mass is 436 g/mol. The van der Waals surface area contributed by atoms with Crippen LogP contribution >= 0.6 is 24.0 Å². The van der Waals surface area contributed by atoms with E-state index in [1.807, 2.05) is 7.05 Å². The third-order valence-electron chi connectivity index (χ3n) is 5.70. The van der Waals surface area contributed by atoms with Crippen LogP contribution in [0.1, 0.15) is 51.4 Å². The van der Waals surface area contributed by atoms with E-state index in [9.17, 15) is 5.11 Å². The van der Waals surface area contributed by atoms with Crippen molar-refractivity contribution in [2.75, 3.05) is 33.2 Å². The molecule has 0 radical (unpaired) electrons. The quantitative estimate of drug-likeness (QED) is 0.350. The first kappa shape index (κ1) is 19.2. The van der Waals surface area contributed by atoms with Crippen LogP contribution in [0.2, 0.25) is 0 Å². The number of hydrogen-bond acceptors (Lipinski definition) is 3. The van der Waals surface area contributed by atoms with Crippen molar-refractivity contribution < 1.29 is 5.11 Å². The Hall–Kier alpha value is -0.0800. The van der Waals surface area contributed by atoms with Crippen LogP contribution in [-0.4, -0.2) is 60.8 Å². The number of likely N-dealkylation sites (tertiary alicyclic amines) is 1. The Balaban J connectivity index is 0.00000192. The molecule has 2 aliphatic carbocycles. The average molecular weight is 436 g/mol. The van der Waals surface area contributed by atoms with Crippen molar-refractivity contribution in [1.29, 1.82) is 0 Å². The normalized spacial score (nSPS) is 28.3. The van der Waals surface area contributed by atoms with Crippen LogP contribution in [0.15, 0.2) is 4.99 Å². The van der Waals surface area contributed by atoms with Crippen molar-refractivity contribution in [3.05, 3.63) is 0 Å². The molecule has 0 amide bonds. The standard InChI is InChI=1S/C17H32N4O.HI/c1-18-16(19-13-17(22)8-4-9-17)20-15-7-10-21(12-15)11-14-5-2-3-6-14;/h14-15,22H,2-13H2,1H3,(H2,18,19,20);1H. The Labute approximate surface area is 157 Å². The zero-order valence-corrected chi connectivity index (χ0v) is 16.7. The van der Waals surface area contributed by atoms with Crippen molar-refractivity contribution in [3.63, 3.8) is 0 Å². The van der Waals surface area contributed by atoms with Crippen LogP contribution in [0, 0.1) is 5.92 Å². The summed E-state index contributed by atoms with van der Waals surface area (Å²) < 4.78 is 0. The topological polar surface area (TPSA) is 59.9 Å². The Morgan fingerprint density at radius 2 is 1.96 bits per heavy atom. The van der Waals surface area contributed by atoms with Gasteiger partial charge >= 0.3 is 0 Å². The second kappa shape index (κ2) is 8.85. The molecule has 3 N–H and O–H groups in total. The van der Waals surface area contributed by atoms with E-state index in [1.165, 1.54) is 45.2 Å². The van der Waals surface area contributed by atoms with E-state index in [-0.39, 0.29) is 24.0 Å². The van der Waals surface area contributed by atoms with Crippen LogP contribution in [0.5, 0.6) is 0 Å². The van der Waals surface area contributed by atoms with E-state index < -0.39 is 5.60 Å². The molecule has 2 saturated carbocycles. The van der Waals surface area contributed by atoms with Crippen molar-refractivity contribution in [2.24, 2.45) is 10.9 Å². The number of aliphatic hydroxyl groups is 1. The minimum absolute atomic E-state index is 0. The predicted octanol–water partition coefficient (Wildman–Crippen LogP) is 1.95. The number of nitrogens with one attached hydrogen (secondary N) is 2. The number of aliphatic imine (C=N–C) groups is 1. The fraction of sp³-hybridized carbons (Fsp3) is 0.941. The molecule has 1 unspecified atom stereocenters. The Kier molecular flexibility index (Phi) is 7.41. The minimum Gasteiger partial charge on any atom is -0.388 e. The number of guanidine groups is 1. The maximum Gasteiger partial charge on any atom is 0.191 e. The zero-order chi connectivity index (χ0) is 15.4. The molecular weight excluding hydrogens is 403 g/mol. The SMILES string of the molecule is CN=C(NCC1(O)CCC1)NC1CCN(CC2CCCC2)C1.I. The molecule has 5 nitrogen and oxygen atoms in total. The summed E-state index contributed by atoms with van der Waals surface area (Å²) in [4.78, 5) is 6.92. The fourth-order valence-corrected chi connectivity index (χ4v) is 4.07. The van der Waals surface area contributed by atoms with Crippen molar-refractivity contribution in [3.8, 4) is 0 Å². The molecule has 0 aromatic rings. The third-order valence-corrected chi connectivity index (χ3v) is 5.70. The maximum atomic E-state index is 10.2. The molecule has 1 heterocycles. The lowest BCUT2D eigenvalue weighted by Crippen LogP contribution is -2.52. The third kappa shape index (κ3) is 5.46. The van der Waals surface area contributed by atoms with Gasteiger partial charge in [-0.1, -0.05) is 12.8 Å². The highest BCUT2D eigenvalue weighted by atomic mass is 127. The lowest BCUT2D eigenvalue weighted by atomic mass is 9.80. The maximum absolute atomic E-state index is 10.2. The molecule has 1 saturated heterocycles. The van der Waals surface area contributed by atoms with Crippen LogP contribution in [0.25, 0.3) is 0 Å². The number of hydrogen-bond donors (Lipinski definition) is 3. The van der Waals surface area contributed by atoms with E-state index in [0.717, 1.165) is 37.7 Å². The van der Waals surface area contributed by atoms with Crippen LogP contribution in [0.3, 0.4) is 0 Å². The first-order chi connectivity index (χ1) is 10.7. The van der Waals surface area contributed by atoms with Gasteiger partial charge in [0.2, 0.25) is 0 Å². The van der Waals surface area contributed by atoms with Gasteiger partial charge in [-0.15, -0.1) is 24.0 Å². The number of halogens is 1. The molecular formula is C17H33IN4O. The van der Waals surface area contributed by atoms with E-state index in [1.54, 1.807) is 0 Å². The van der Waals surface area contributed by atoms with Gasteiger partial charge in [0.15, 0.2) is 5.96 Å². The average Bonchev–Trinajstić information content (AvgIpc) is 3.14. The van der Waals surface area contributed by atoms with Crippen LogP contribution < -0.4 is 10.6 Å². The van der Waals surface area contributed by atoms with Gasteiger partial charge in [0.1, 0.15) is 0 Å². The van der Waals surface area contributed by atoms with Crippen molar-refractivity contribution >= 4 is 29.9 Å². The molecule has 0 bridgehead atoms. The number of nitrogens with zero attached hydrogens (tertiary/aromatic N) is 2. The van der Waals surface area contributed by atoms with Gasteiger partial charge in [-0.25, -0.2) is 0 Å². The molecule has 0 aromatic carbocycles. The molecule has 1 atom stereocenters. The minimum atomic E-state index is -0.498. The van der Waals surface area contributed by atoms with Crippen molar-refractivity contribution in [2.45, 2.75) is 63.0 Å². The van der Waals surface area contributed by atoms with Gasteiger partial charge in [0.25, 0.3) is 0 Å². The highest BCUT2D eigenvalue weighted by Gasteiger charge is 2.34. The summed E-state index contributed by atoms with van der Waals surface area (Å²) in [6.45, 7) is 4.23. The van der Waals surface area contributed by atoms with Gasteiger partial charge in [-0.2, -0.15) is 0 Å². The van der Waals surface area contributed by atoms with Gasteiger partial charge in [-0.3, -0.25) is 4.99 Å². The van der Waals surface area contributed by atoms with Crippen LogP contribution in [-0.2, 0) is 0 Å². The zero-order valence-electron chi connectivity index (χ0n) is 14.4. The molecule has 6 heteroatoms. The summed E-state index contributed by atoms with van der Waals surface area (Å²) in [5, 5.41) is 17.0. The van der Waals surface area contributed by atoms with E-state index in [0.29, 0.717) is 12.6 Å². The second-order valence-corrected chi connectivity index (χ2v) is 7.54. The number of rotatable bonds is 5. The summed E-state index contributed by atoms with van der Waals surface area (Å²) in [7, 11) is 1.81. The Morgan fingerprint density at radius 1 is 1.22 bits per heavy atom. The van der Waals surface area contributed by atoms with Gasteiger partial charge in [0, 0.05) is 39.3 Å². The van der Waals surface area contributed by atoms with Gasteiger partial charge < -0.3 is 20.6 Å². The summed E-state index contributed by atoms with van der Waals surface area (Å²) in [6.07, 6.45) is 9.87. The molecule has 3 fully saturated rings. The van der Waals surface area contributed by atoms with E-state index >= 15 is 0 Å². The largest absolute Gasteiger partial charge is 0.388 e. The van der Waals surface area contributed by atoms with Crippen LogP contribution in [0.4, 0.5) is 0 Å².